The second-order valence-electron chi connectivity index (χ2n) is 6.75. The van der Waals surface area contributed by atoms with Crippen LogP contribution in [0, 0.1) is 13.8 Å². The molecule has 0 atom stereocenters. The van der Waals surface area contributed by atoms with Crippen LogP contribution in [-0.2, 0) is 10.0 Å². The number of aryl methyl sites for hydroxylation is 2. The van der Waals surface area contributed by atoms with E-state index in [4.69, 9.17) is 16.3 Å². The fourth-order valence-electron chi connectivity index (χ4n) is 2.88. The number of halogens is 1. The molecule has 3 rings (SSSR count). The molecule has 1 amide bonds. The Balaban J connectivity index is 1.91. The first kappa shape index (κ1) is 21.7. The molecule has 0 heterocycles. The molecule has 6 nitrogen and oxygen atoms in total. The van der Waals surface area contributed by atoms with Crippen LogP contribution >= 0.6 is 11.6 Å². The largest absolute Gasteiger partial charge is 0.495 e. The lowest BCUT2D eigenvalue weighted by atomic mass is 10.1. The number of nitrogens with one attached hydrogen (secondary N) is 2. The van der Waals surface area contributed by atoms with Gasteiger partial charge in [0.2, 0.25) is 0 Å². The summed E-state index contributed by atoms with van der Waals surface area (Å²) in [5.41, 5.74) is 2.95. The molecule has 0 fully saturated rings. The van der Waals surface area contributed by atoms with E-state index in [1.807, 2.05) is 26.0 Å². The van der Waals surface area contributed by atoms with Crippen molar-refractivity contribution in [3.05, 3.63) is 82.4 Å². The summed E-state index contributed by atoms with van der Waals surface area (Å²) in [6.07, 6.45) is 0. The first-order valence-corrected chi connectivity index (χ1v) is 10.9. The van der Waals surface area contributed by atoms with Gasteiger partial charge >= 0.3 is 0 Å². The molecule has 0 aliphatic heterocycles. The molecule has 0 saturated carbocycles. The zero-order valence-electron chi connectivity index (χ0n) is 16.7. The van der Waals surface area contributed by atoms with Crippen LogP contribution < -0.4 is 14.8 Å². The minimum atomic E-state index is -3.88. The van der Waals surface area contributed by atoms with Crippen molar-refractivity contribution in [2.24, 2.45) is 0 Å². The highest BCUT2D eigenvalue weighted by atomic mass is 35.5. The molecule has 0 radical (unpaired) electrons. The maximum atomic E-state index is 12.9. The molecule has 0 aliphatic carbocycles. The molecule has 156 valence electrons. The summed E-state index contributed by atoms with van der Waals surface area (Å²) in [6.45, 7) is 3.76. The second kappa shape index (κ2) is 8.77. The first-order chi connectivity index (χ1) is 14.2. The van der Waals surface area contributed by atoms with Crippen LogP contribution in [0.4, 0.5) is 11.4 Å². The van der Waals surface area contributed by atoms with E-state index in [1.54, 1.807) is 30.3 Å². The fourth-order valence-corrected chi connectivity index (χ4v) is 4.16. The SMILES string of the molecule is COc1ccc(S(=O)(=O)Nc2ccc(C)cc2C)cc1NC(=O)c1ccc(Cl)cc1. The number of carbonyl (C=O) groups is 1. The van der Waals surface area contributed by atoms with Crippen LogP contribution in [0.25, 0.3) is 0 Å². The van der Waals surface area contributed by atoms with E-state index in [0.29, 0.717) is 22.0 Å². The molecular weight excluding hydrogens is 424 g/mol. The molecular formula is C22H21ClN2O4S. The lowest BCUT2D eigenvalue weighted by Gasteiger charge is -2.14. The van der Waals surface area contributed by atoms with Crippen LogP contribution in [0.5, 0.6) is 5.75 Å². The smallest absolute Gasteiger partial charge is 0.261 e. The van der Waals surface area contributed by atoms with Crippen molar-refractivity contribution in [2.75, 3.05) is 17.1 Å². The third kappa shape index (κ3) is 4.93. The van der Waals surface area contributed by atoms with E-state index in [-0.39, 0.29) is 10.6 Å². The molecule has 8 heteroatoms. The van der Waals surface area contributed by atoms with Gasteiger partial charge in [-0.25, -0.2) is 8.42 Å². The summed E-state index contributed by atoms with van der Waals surface area (Å²) < 4.78 is 33.7. The number of benzene rings is 3. The second-order valence-corrected chi connectivity index (χ2v) is 8.87. The van der Waals surface area contributed by atoms with Gasteiger partial charge in [-0.05, 0) is 67.9 Å². The Morgan fingerprint density at radius 1 is 0.933 bits per heavy atom. The van der Waals surface area contributed by atoms with Gasteiger partial charge in [-0.3, -0.25) is 9.52 Å². The zero-order valence-corrected chi connectivity index (χ0v) is 18.3. The van der Waals surface area contributed by atoms with Crippen LogP contribution in [-0.4, -0.2) is 21.4 Å². The Morgan fingerprint density at radius 2 is 1.63 bits per heavy atom. The van der Waals surface area contributed by atoms with Crippen molar-refractivity contribution in [1.29, 1.82) is 0 Å². The average molecular weight is 445 g/mol. The summed E-state index contributed by atoms with van der Waals surface area (Å²) in [4.78, 5) is 12.5. The summed E-state index contributed by atoms with van der Waals surface area (Å²) in [5, 5.41) is 3.20. The summed E-state index contributed by atoms with van der Waals surface area (Å²) in [6, 6.07) is 16.1. The Bertz CT molecular complexity index is 1190. The number of ether oxygens (including phenoxy) is 1. The minimum absolute atomic E-state index is 0.00492. The highest BCUT2D eigenvalue weighted by molar-refractivity contribution is 7.92. The van der Waals surface area contributed by atoms with E-state index >= 15 is 0 Å². The van der Waals surface area contributed by atoms with E-state index in [0.717, 1.165) is 11.1 Å². The average Bonchev–Trinajstić information content (AvgIpc) is 2.70. The van der Waals surface area contributed by atoms with Crippen molar-refractivity contribution in [2.45, 2.75) is 18.7 Å². The van der Waals surface area contributed by atoms with Crippen molar-refractivity contribution >= 4 is 38.9 Å². The van der Waals surface area contributed by atoms with Gasteiger partial charge < -0.3 is 10.1 Å². The van der Waals surface area contributed by atoms with E-state index in [1.165, 1.54) is 25.3 Å². The van der Waals surface area contributed by atoms with Crippen LogP contribution in [0.2, 0.25) is 5.02 Å². The molecule has 0 spiro atoms. The number of carbonyl (C=O) groups excluding carboxylic acids is 1. The van der Waals surface area contributed by atoms with Gasteiger partial charge in [0.15, 0.2) is 0 Å². The topological polar surface area (TPSA) is 84.5 Å². The predicted octanol–water partition coefficient (Wildman–Crippen LogP) is 5.02. The highest BCUT2D eigenvalue weighted by Gasteiger charge is 2.19. The van der Waals surface area contributed by atoms with Crippen LogP contribution in [0.3, 0.4) is 0 Å². The minimum Gasteiger partial charge on any atom is -0.495 e. The molecule has 0 saturated heterocycles. The highest BCUT2D eigenvalue weighted by Crippen LogP contribution is 2.29. The Labute approximate surface area is 180 Å². The standard InChI is InChI=1S/C22H21ClN2O4S/c1-14-4-10-19(15(2)12-14)25-30(27,28)18-9-11-21(29-3)20(13-18)24-22(26)16-5-7-17(23)8-6-16/h4-13,25H,1-3H3,(H,24,26). The number of sulfonamides is 1. The third-order valence-corrected chi connectivity index (χ3v) is 6.08. The number of anilines is 2. The van der Waals surface area contributed by atoms with Gasteiger partial charge in [0, 0.05) is 10.6 Å². The molecule has 3 aromatic carbocycles. The summed E-state index contributed by atoms with van der Waals surface area (Å²) in [5.74, 6) is -0.0790. The van der Waals surface area contributed by atoms with Gasteiger partial charge in [0.1, 0.15) is 5.75 Å². The molecule has 0 unspecified atom stereocenters. The number of methoxy groups -OCH3 is 1. The molecule has 2 N–H and O–H groups in total. The van der Waals surface area contributed by atoms with Gasteiger partial charge in [0.25, 0.3) is 15.9 Å². The molecule has 30 heavy (non-hydrogen) atoms. The quantitative estimate of drug-likeness (QED) is 0.559. The van der Waals surface area contributed by atoms with E-state index in [9.17, 15) is 13.2 Å². The lowest BCUT2D eigenvalue weighted by molar-refractivity contribution is 0.102. The van der Waals surface area contributed by atoms with Crippen molar-refractivity contribution in [1.82, 2.24) is 0 Å². The van der Waals surface area contributed by atoms with E-state index in [2.05, 4.69) is 10.0 Å². The number of hydrogen-bond acceptors (Lipinski definition) is 4. The Morgan fingerprint density at radius 3 is 2.27 bits per heavy atom. The molecule has 0 aliphatic rings. The number of amides is 1. The molecule has 0 bridgehead atoms. The Hall–Kier alpha value is -3.03. The number of rotatable bonds is 6. The fraction of sp³-hybridized carbons (Fsp3) is 0.136. The normalized spacial score (nSPS) is 11.1. The van der Waals surface area contributed by atoms with Crippen molar-refractivity contribution in [3.63, 3.8) is 0 Å². The monoisotopic (exact) mass is 444 g/mol. The predicted molar refractivity (Wildman–Crippen MR) is 119 cm³/mol. The van der Waals surface area contributed by atoms with Gasteiger partial charge in [-0.1, -0.05) is 29.3 Å². The first-order valence-electron chi connectivity index (χ1n) is 9.04. The zero-order chi connectivity index (χ0) is 21.9. The lowest BCUT2D eigenvalue weighted by Crippen LogP contribution is -2.16. The summed E-state index contributed by atoms with van der Waals surface area (Å²) in [7, 11) is -2.44. The maximum Gasteiger partial charge on any atom is 0.261 e. The van der Waals surface area contributed by atoms with Crippen molar-refractivity contribution < 1.29 is 17.9 Å². The molecule has 0 aromatic heterocycles. The van der Waals surface area contributed by atoms with Crippen LogP contribution in [0.1, 0.15) is 21.5 Å². The van der Waals surface area contributed by atoms with Crippen molar-refractivity contribution in [3.8, 4) is 5.75 Å². The Kier molecular flexibility index (Phi) is 6.34. The van der Waals surface area contributed by atoms with Gasteiger partial charge in [-0.15, -0.1) is 0 Å². The van der Waals surface area contributed by atoms with Gasteiger partial charge in [0.05, 0.1) is 23.4 Å². The third-order valence-electron chi connectivity index (χ3n) is 4.46. The summed E-state index contributed by atoms with van der Waals surface area (Å²) >= 11 is 5.86. The van der Waals surface area contributed by atoms with Crippen LogP contribution in [0.15, 0.2) is 65.6 Å². The molecule has 3 aromatic rings. The van der Waals surface area contributed by atoms with E-state index < -0.39 is 15.9 Å². The number of hydrogen-bond donors (Lipinski definition) is 2. The maximum absolute atomic E-state index is 12.9. The van der Waals surface area contributed by atoms with Gasteiger partial charge in [-0.2, -0.15) is 0 Å².